The number of para-hydroxylation sites is 1. The summed E-state index contributed by atoms with van der Waals surface area (Å²) < 4.78 is 16.9. The maximum absolute atomic E-state index is 12.7. The molecule has 2 aromatic carbocycles. The molecule has 30 heavy (non-hydrogen) atoms. The Hall–Kier alpha value is -3.58. The van der Waals surface area contributed by atoms with Crippen LogP contribution in [0.1, 0.15) is 20.8 Å². The van der Waals surface area contributed by atoms with Crippen molar-refractivity contribution in [3.63, 3.8) is 0 Å². The SMILES string of the molecule is C=CCOc1ccc(Cl)cc1-c1nn(-c2ccccc2)c(C(=O)OC)c1C(=O)OC. The Bertz CT molecular complexity index is 1090. The predicted octanol–water partition coefficient (Wildman–Crippen LogP) is 4.33. The normalized spacial score (nSPS) is 10.4. The molecule has 0 unspecified atom stereocenters. The molecule has 0 radical (unpaired) electrons. The van der Waals surface area contributed by atoms with Crippen molar-refractivity contribution in [1.29, 1.82) is 0 Å². The first-order valence-electron chi connectivity index (χ1n) is 8.90. The number of carbonyl (C=O) groups is 2. The summed E-state index contributed by atoms with van der Waals surface area (Å²) in [6, 6.07) is 13.8. The summed E-state index contributed by atoms with van der Waals surface area (Å²) >= 11 is 6.20. The molecule has 0 fully saturated rings. The Morgan fingerprint density at radius 2 is 1.80 bits per heavy atom. The van der Waals surface area contributed by atoms with Gasteiger partial charge >= 0.3 is 11.9 Å². The molecule has 0 saturated carbocycles. The second-order valence-electron chi connectivity index (χ2n) is 6.04. The van der Waals surface area contributed by atoms with Crippen molar-refractivity contribution in [1.82, 2.24) is 9.78 Å². The standard InChI is InChI=1S/C22H19ClN2O5/c1-4-12-30-17-11-10-14(23)13-16(17)19-18(21(26)28-2)20(22(27)29-3)25(24-19)15-8-6-5-7-9-15/h4-11,13H,1,12H2,2-3H3. The second kappa shape index (κ2) is 9.28. The van der Waals surface area contributed by atoms with Gasteiger partial charge in [-0.25, -0.2) is 14.3 Å². The van der Waals surface area contributed by atoms with Crippen LogP contribution in [0, 0.1) is 0 Å². The molecule has 0 amide bonds. The zero-order valence-corrected chi connectivity index (χ0v) is 17.2. The molecule has 3 rings (SSSR count). The van der Waals surface area contributed by atoms with Gasteiger partial charge in [-0.2, -0.15) is 5.10 Å². The van der Waals surface area contributed by atoms with Crippen LogP contribution in [0.3, 0.4) is 0 Å². The quantitative estimate of drug-likeness (QED) is 0.413. The lowest BCUT2D eigenvalue weighted by molar-refractivity contribution is 0.0549. The summed E-state index contributed by atoms with van der Waals surface area (Å²) in [5.74, 6) is -1.07. The third kappa shape index (κ3) is 4.06. The van der Waals surface area contributed by atoms with Gasteiger partial charge in [0, 0.05) is 10.6 Å². The highest BCUT2D eigenvalue weighted by molar-refractivity contribution is 6.31. The number of hydrogen-bond acceptors (Lipinski definition) is 6. The summed E-state index contributed by atoms with van der Waals surface area (Å²) in [6.07, 6.45) is 1.59. The summed E-state index contributed by atoms with van der Waals surface area (Å²) in [5.41, 5.74) is 1.03. The minimum absolute atomic E-state index is 0.0566. The lowest BCUT2D eigenvalue weighted by Crippen LogP contribution is -2.15. The summed E-state index contributed by atoms with van der Waals surface area (Å²) in [4.78, 5) is 25.4. The van der Waals surface area contributed by atoms with Crippen molar-refractivity contribution in [2.75, 3.05) is 20.8 Å². The van der Waals surface area contributed by atoms with E-state index in [0.717, 1.165) is 0 Å². The number of rotatable bonds is 7. The van der Waals surface area contributed by atoms with E-state index in [1.54, 1.807) is 48.5 Å². The number of carbonyl (C=O) groups excluding carboxylic acids is 2. The van der Waals surface area contributed by atoms with Crippen molar-refractivity contribution in [3.8, 4) is 22.7 Å². The first-order chi connectivity index (χ1) is 14.5. The topological polar surface area (TPSA) is 79.7 Å². The fourth-order valence-corrected chi connectivity index (χ4v) is 3.08. The highest BCUT2D eigenvalue weighted by Crippen LogP contribution is 2.36. The van der Waals surface area contributed by atoms with Gasteiger partial charge in [0.15, 0.2) is 5.69 Å². The smallest absolute Gasteiger partial charge is 0.357 e. The van der Waals surface area contributed by atoms with Crippen LogP contribution in [0.4, 0.5) is 0 Å². The molecule has 0 aliphatic heterocycles. The molecule has 0 N–H and O–H groups in total. The first kappa shape index (κ1) is 21.1. The number of nitrogens with zero attached hydrogens (tertiary/aromatic N) is 2. The molecular weight excluding hydrogens is 408 g/mol. The maximum atomic E-state index is 12.7. The van der Waals surface area contributed by atoms with Gasteiger partial charge in [-0.1, -0.05) is 42.5 Å². The van der Waals surface area contributed by atoms with Gasteiger partial charge in [-0.05, 0) is 30.3 Å². The minimum atomic E-state index is -0.748. The number of esters is 2. The molecule has 8 heteroatoms. The number of aromatic nitrogens is 2. The van der Waals surface area contributed by atoms with Crippen molar-refractivity contribution in [2.45, 2.75) is 0 Å². The number of ether oxygens (including phenoxy) is 3. The van der Waals surface area contributed by atoms with Gasteiger partial charge < -0.3 is 14.2 Å². The molecule has 7 nitrogen and oxygen atoms in total. The van der Waals surface area contributed by atoms with Crippen LogP contribution in [0.2, 0.25) is 5.02 Å². The molecule has 0 saturated heterocycles. The summed E-state index contributed by atoms with van der Waals surface area (Å²) in [6.45, 7) is 3.87. The number of hydrogen-bond donors (Lipinski definition) is 0. The van der Waals surface area contributed by atoms with Crippen LogP contribution in [0.25, 0.3) is 16.9 Å². The average molecular weight is 427 g/mol. The zero-order chi connectivity index (χ0) is 21.7. The molecule has 0 spiro atoms. The van der Waals surface area contributed by atoms with Crippen LogP contribution < -0.4 is 4.74 Å². The lowest BCUT2D eigenvalue weighted by Gasteiger charge is -2.10. The van der Waals surface area contributed by atoms with Crippen molar-refractivity contribution >= 4 is 23.5 Å². The van der Waals surface area contributed by atoms with Crippen molar-refractivity contribution < 1.29 is 23.8 Å². The number of benzene rings is 2. The van der Waals surface area contributed by atoms with E-state index in [1.807, 2.05) is 6.07 Å². The summed E-state index contributed by atoms with van der Waals surface area (Å²) in [7, 11) is 2.45. The molecule has 0 aliphatic carbocycles. The van der Waals surface area contributed by atoms with Crippen LogP contribution >= 0.6 is 11.6 Å². The zero-order valence-electron chi connectivity index (χ0n) is 16.4. The third-order valence-corrected chi connectivity index (χ3v) is 4.44. The molecule has 1 heterocycles. The predicted molar refractivity (Wildman–Crippen MR) is 112 cm³/mol. The molecule has 154 valence electrons. The van der Waals surface area contributed by atoms with E-state index in [4.69, 9.17) is 25.8 Å². The monoisotopic (exact) mass is 426 g/mol. The van der Waals surface area contributed by atoms with E-state index in [9.17, 15) is 9.59 Å². The summed E-state index contributed by atoms with van der Waals surface area (Å²) in [5, 5.41) is 4.95. The van der Waals surface area contributed by atoms with Gasteiger partial charge in [-0.3, -0.25) is 0 Å². The molecule has 1 aromatic heterocycles. The molecule has 3 aromatic rings. The van der Waals surface area contributed by atoms with E-state index in [-0.39, 0.29) is 23.6 Å². The largest absolute Gasteiger partial charge is 0.489 e. The van der Waals surface area contributed by atoms with Crippen LogP contribution in [-0.4, -0.2) is 42.5 Å². The van der Waals surface area contributed by atoms with Crippen LogP contribution in [0.15, 0.2) is 61.2 Å². The van der Waals surface area contributed by atoms with E-state index in [1.165, 1.54) is 18.9 Å². The number of methoxy groups -OCH3 is 2. The van der Waals surface area contributed by atoms with E-state index in [0.29, 0.717) is 22.0 Å². The Morgan fingerprint density at radius 1 is 1.10 bits per heavy atom. The highest BCUT2D eigenvalue weighted by Gasteiger charge is 2.32. The Balaban J connectivity index is 2.37. The van der Waals surface area contributed by atoms with E-state index < -0.39 is 11.9 Å². The average Bonchev–Trinajstić information content (AvgIpc) is 3.18. The molecule has 0 atom stereocenters. The van der Waals surface area contributed by atoms with Crippen molar-refractivity contribution in [3.05, 3.63) is 77.5 Å². The number of halogens is 1. The van der Waals surface area contributed by atoms with Gasteiger partial charge in [0.25, 0.3) is 0 Å². The van der Waals surface area contributed by atoms with E-state index >= 15 is 0 Å². The Labute approximate surface area is 178 Å². The third-order valence-electron chi connectivity index (χ3n) is 4.21. The Morgan fingerprint density at radius 3 is 2.43 bits per heavy atom. The van der Waals surface area contributed by atoms with Crippen LogP contribution in [-0.2, 0) is 9.47 Å². The van der Waals surface area contributed by atoms with Gasteiger partial charge in [0.2, 0.25) is 0 Å². The molecule has 0 bridgehead atoms. The fraction of sp³-hybridized carbons (Fsp3) is 0.136. The maximum Gasteiger partial charge on any atom is 0.357 e. The minimum Gasteiger partial charge on any atom is -0.489 e. The van der Waals surface area contributed by atoms with Crippen LogP contribution in [0.5, 0.6) is 5.75 Å². The van der Waals surface area contributed by atoms with E-state index in [2.05, 4.69) is 11.7 Å². The molecular formula is C22H19ClN2O5. The second-order valence-corrected chi connectivity index (χ2v) is 6.48. The first-order valence-corrected chi connectivity index (χ1v) is 9.28. The van der Waals surface area contributed by atoms with Gasteiger partial charge in [0.05, 0.1) is 19.9 Å². The van der Waals surface area contributed by atoms with Gasteiger partial charge in [0.1, 0.15) is 23.6 Å². The lowest BCUT2D eigenvalue weighted by atomic mass is 10.0. The Kier molecular flexibility index (Phi) is 6.54. The van der Waals surface area contributed by atoms with Crippen molar-refractivity contribution in [2.24, 2.45) is 0 Å². The highest BCUT2D eigenvalue weighted by atomic mass is 35.5. The fourth-order valence-electron chi connectivity index (χ4n) is 2.91. The molecule has 0 aliphatic rings. The van der Waals surface area contributed by atoms with Gasteiger partial charge in [-0.15, -0.1) is 0 Å².